The zero-order valence-electron chi connectivity index (χ0n) is 18.8. The van der Waals surface area contributed by atoms with E-state index in [-0.39, 0.29) is 50.4 Å². The molecule has 2 fully saturated rings. The van der Waals surface area contributed by atoms with Crippen molar-refractivity contribution in [2.75, 3.05) is 36.6 Å². The molecule has 2 aliphatic rings. The van der Waals surface area contributed by atoms with Gasteiger partial charge in [-0.2, -0.15) is 18.3 Å². The number of carbonyl (C=O) groups excluding carboxylic acids is 1. The largest absolute Gasteiger partial charge is 0.447 e. The van der Waals surface area contributed by atoms with Crippen molar-refractivity contribution in [3.05, 3.63) is 30.5 Å². The highest BCUT2D eigenvalue weighted by atomic mass is 19.4. The third kappa shape index (κ3) is 4.78. The van der Waals surface area contributed by atoms with Gasteiger partial charge in [0.2, 0.25) is 0 Å². The first-order valence-corrected chi connectivity index (χ1v) is 11.2. The number of carbonyl (C=O) groups is 1. The van der Waals surface area contributed by atoms with Crippen LogP contribution in [0.25, 0.3) is 22.4 Å². The van der Waals surface area contributed by atoms with Crippen molar-refractivity contribution in [3.8, 4) is 11.4 Å². The van der Waals surface area contributed by atoms with E-state index >= 15 is 0 Å². The van der Waals surface area contributed by atoms with E-state index in [1.807, 2.05) is 0 Å². The number of aliphatic hydroxyl groups is 1. The van der Waals surface area contributed by atoms with Crippen LogP contribution in [-0.4, -0.2) is 81.8 Å². The number of nitrogens with one attached hydrogen (secondary N) is 1. The monoisotopic (exact) mass is 510 g/mol. The van der Waals surface area contributed by atoms with Crippen LogP contribution in [0.4, 0.5) is 33.9 Å². The van der Waals surface area contributed by atoms with Gasteiger partial charge in [0, 0.05) is 17.7 Å². The third-order valence-corrected chi connectivity index (χ3v) is 6.03. The van der Waals surface area contributed by atoms with Crippen LogP contribution >= 0.6 is 0 Å². The summed E-state index contributed by atoms with van der Waals surface area (Å²) in [7, 11) is 0. The molecule has 2 bridgehead atoms. The molecular formula is C22H22F4N6O4. The Labute approximate surface area is 201 Å². The fourth-order valence-corrected chi connectivity index (χ4v) is 4.51. The first-order chi connectivity index (χ1) is 17.2. The van der Waals surface area contributed by atoms with E-state index in [9.17, 15) is 22.4 Å². The number of hydrogen-bond acceptors (Lipinski definition) is 8. The maximum atomic E-state index is 14.7. The molecule has 192 valence electrons. The Kier molecular flexibility index (Phi) is 6.38. The number of anilines is 2. The number of hydrogen-bond donors (Lipinski definition) is 2. The van der Waals surface area contributed by atoms with Crippen molar-refractivity contribution in [3.63, 3.8) is 0 Å². The van der Waals surface area contributed by atoms with Gasteiger partial charge in [0.25, 0.3) is 0 Å². The molecule has 0 radical (unpaired) electrons. The lowest BCUT2D eigenvalue weighted by atomic mass is 10.1. The van der Waals surface area contributed by atoms with Crippen molar-refractivity contribution in [2.45, 2.75) is 37.4 Å². The van der Waals surface area contributed by atoms with Crippen molar-refractivity contribution < 1.29 is 36.9 Å². The summed E-state index contributed by atoms with van der Waals surface area (Å²) >= 11 is 0. The van der Waals surface area contributed by atoms with Gasteiger partial charge in [-0.15, -0.1) is 0 Å². The average Bonchev–Trinajstić information content (AvgIpc) is 3.31. The second-order valence-corrected chi connectivity index (χ2v) is 8.50. The van der Waals surface area contributed by atoms with E-state index in [0.29, 0.717) is 22.5 Å². The SMILES string of the molecule is O=C(Nc1ccc(-c2nc(N3C4COCC3C(F)C4)c3cnn(CC(F)(F)F)c3n2)cc1)OCCO. The normalized spacial score (nSPS) is 21.7. The number of aliphatic hydroxyl groups excluding tert-OH is 1. The molecule has 1 amide bonds. The molecule has 10 nitrogen and oxygen atoms in total. The quantitative estimate of drug-likeness (QED) is 0.487. The Morgan fingerprint density at radius 1 is 1.22 bits per heavy atom. The van der Waals surface area contributed by atoms with Crippen LogP contribution in [-0.2, 0) is 16.0 Å². The van der Waals surface area contributed by atoms with E-state index in [4.69, 9.17) is 14.6 Å². The summed E-state index contributed by atoms with van der Waals surface area (Å²) in [4.78, 5) is 22.5. The smallest absolute Gasteiger partial charge is 0.411 e. The molecule has 14 heteroatoms. The lowest BCUT2D eigenvalue weighted by molar-refractivity contribution is -0.141. The fourth-order valence-electron chi connectivity index (χ4n) is 4.51. The number of alkyl halides is 4. The summed E-state index contributed by atoms with van der Waals surface area (Å²) in [6.07, 6.45) is -4.93. The minimum atomic E-state index is -4.52. The minimum absolute atomic E-state index is 0.0246. The van der Waals surface area contributed by atoms with Gasteiger partial charge in [-0.3, -0.25) is 5.32 Å². The van der Waals surface area contributed by atoms with Gasteiger partial charge in [-0.25, -0.2) is 23.8 Å². The van der Waals surface area contributed by atoms with Crippen LogP contribution in [0.1, 0.15) is 6.42 Å². The number of fused-ring (bicyclic) bond motifs is 3. The van der Waals surface area contributed by atoms with E-state index in [0.717, 1.165) is 4.68 Å². The van der Waals surface area contributed by atoms with Gasteiger partial charge in [0.1, 0.15) is 25.1 Å². The average molecular weight is 510 g/mol. The minimum Gasteiger partial charge on any atom is -0.447 e. The van der Waals surface area contributed by atoms with Crippen molar-refractivity contribution in [1.29, 1.82) is 0 Å². The zero-order valence-corrected chi connectivity index (χ0v) is 18.8. The first kappa shape index (κ1) is 24.2. The van der Waals surface area contributed by atoms with Crippen LogP contribution in [0.15, 0.2) is 30.5 Å². The highest BCUT2D eigenvalue weighted by molar-refractivity contribution is 5.90. The van der Waals surface area contributed by atoms with Crippen LogP contribution in [0, 0.1) is 0 Å². The Morgan fingerprint density at radius 2 is 2.00 bits per heavy atom. The molecule has 0 aliphatic carbocycles. The zero-order chi connectivity index (χ0) is 25.4. The number of morpholine rings is 1. The highest BCUT2D eigenvalue weighted by Gasteiger charge is 2.46. The molecule has 2 N–H and O–H groups in total. The Hall–Kier alpha value is -3.52. The molecule has 1 aromatic carbocycles. The number of halogens is 4. The molecule has 2 saturated heterocycles. The van der Waals surface area contributed by atoms with Gasteiger partial charge in [-0.1, -0.05) is 0 Å². The summed E-state index contributed by atoms with van der Waals surface area (Å²) in [5.74, 6) is 0.425. The lowest BCUT2D eigenvalue weighted by Gasteiger charge is -2.35. The molecule has 3 aromatic rings. The van der Waals surface area contributed by atoms with Gasteiger partial charge in [0.05, 0.1) is 43.5 Å². The Morgan fingerprint density at radius 3 is 2.69 bits per heavy atom. The van der Waals surface area contributed by atoms with E-state index < -0.39 is 31.0 Å². The van der Waals surface area contributed by atoms with E-state index in [1.165, 1.54) is 6.20 Å². The highest BCUT2D eigenvalue weighted by Crippen LogP contribution is 2.39. The molecule has 0 spiro atoms. The fraction of sp³-hybridized carbons (Fsp3) is 0.455. The number of aromatic nitrogens is 4. The molecule has 36 heavy (non-hydrogen) atoms. The summed E-state index contributed by atoms with van der Waals surface area (Å²) in [5.41, 5.74) is 0.824. The summed E-state index contributed by atoms with van der Waals surface area (Å²) < 4.78 is 65.3. The topological polar surface area (TPSA) is 115 Å². The summed E-state index contributed by atoms with van der Waals surface area (Å²) in [5, 5.41) is 15.4. The van der Waals surface area contributed by atoms with E-state index in [2.05, 4.69) is 20.4 Å². The summed E-state index contributed by atoms with van der Waals surface area (Å²) in [6, 6.07) is 5.34. The number of ether oxygens (including phenoxy) is 2. The molecule has 0 saturated carbocycles. The lowest BCUT2D eigenvalue weighted by Crippen LogP contribution is -2.48. The molecule has 3 atom stereocenters. The molecule has 5 rings (SSSR count). The number of nitrogens with zero attached hydrogens (tertiary/aromatic N) is 5. The van der Waals surface area contributed by atoms with Crippen LogP contribution in [0.2, 0.25) is 0 Å². The second kappa shape index (κ2) is 9.50. The van der Waals surface area contributed by atoms with Crippen LogP contribution in [0.5, 0.6) is 0 Å². The standard InChI is InChI=1S/C22H22F4N6O4/c23-16-7-14-9-35-10-17(16)32(14)20-15-8-27-31(11-22(24,25)26)19(15)29-18(30-20)12-1-3-13(4-2-12)28-21(34)36-6-5-33/h1-4,8,14,16-17,33H,5-7,9-11H2,(H,28,34). The van der Waals surface area contributed by atoms with Crippen LogP contribution in [0.3, 0.4) is 0 Å². The Bertz CT molecular complexity index is 1250. The van der Waals surface area contributed by atoms with Crippen molar-refractivity contribution in [1.82, 2.24) is 19.7 Å². The van der Waals surface area contributed by atoms with Crippen molar-refractivity contribution >= 4 is 28.6 Å². The van der Waals surface area contributed by atoms with Gasteiger partial charge in [0.15, 0.2) is 11.5 Å². The second-order valence-electron chi connectivity index (χ2n) is 8.50. The van der Waals surface area contributed by atoms with Gasteiger partial charge in [-0.05, 0) is 24.3 Å². The van der Waals surface area contributed by atoms with Gasteiger partial charge < -0.3 is 19.5 Å². The van der Waals surface area contributed by atoms with Gasteiger partial charge >= 0.3 is 12.3 Å². The molecule has 2 aromatic heterocycles. The molecular weight excluding hydrogens is 488 g/mol. The number of amides is 1. The molecule has 3 unspecified atom stereocenters. The number of benzene rings is 1. The Balaban J connectivity index is 1.54. The molecule has 4 heterocycles. The maximum absolute atomic E-state index is 14.7. The number of rotatable bonds is 6. The molecule has 2 aliphatic heterocycles. The van der Waals surface area contributed by atoms with Crippen LogP contribution < -0.4 is 10.2 Å². The summed E-state index contributed by atoms with van der Waals surface area (Å²) in [6.45, 7) is -1.39. The maximum Gasteiger partial charge on any atom is 0.411 e. The van der Waals surface area contributed by atoms with E-state index in [1.54, 1.807) is 29.2 Å². The predicted octanol–water partition coefficient (Wildman–Crippen LogP) is 2.91. The predicted molar refractivity (Wildman–Crippen MR) is 119 cm³/mol. The third-order valence-electron chi connectivity index (χ3n) is 6.03. The first-order valence-electron chi connectivity index (χ1n) is 11.2. The van der Waals surface area contributed by atoms with Crippen molar-refractivity contribution in [2.24, 2.45) is 0 Å².